The van der Waals surface area contributed by atoms with Gasteiger partial charge in [-0.3, -0.25) is 42.8 Å². The van der Waals surface area contributed by atoms with Gasteiger partial charge in [-0.05, 0) is 81.3 Å². The fourth-order valence-electron chi connectivity index (χ4n) is 17.7. The maximum absolute atomic E-state index is 14.3. The number of aromatic amines is 2. The molecule has 8 rings (SSSR count). The number of hydrogen-bond acceptors (Lipinski definition) is 26. The minimum absolute atomic E-state index is 0.111. The monoisotopic (exact) mass is 1990 g/mol. The van der Waals surface area contributed by atoms with Crippen molar-refractivity contribution in [1.29, 1.82) is 0 Å². The van der Waals surface area contributed by atoms with E-state index in [1.54, 1.807) is 17.8 Å². The third kappa shape index (κ3) is 43.6. The van der Waals surface area contributed by atoms with Crippen LogP contribution in [0.15, 0.2) is 56.4 Å². The van der Waals surface area contributed by atoms with Crippen LogP contribution in [-0.2, 0) is 90.6 Å². The van der Waals surface area contributed by atoms with Gasteiger partial charge in [0.1, 0.15) is 74.8 Å². The summed E-state index contributed by atoms with van der Waals surface area (Å²) < 4.78 is 94.2. The number of ether oxygens (including phenoxy) is 8. The summed E-state index contributed by atoms with van der Waals surface area (Å²) in [5, 5.41) is 10.7. The molecule has 0 aliphatic carbocycles. The lowest BCUT2D eigenvalue weighted by Crippen LogP contribution is -2.33. The number of unbranched alkanes of at least 4 members (excludes halogenated alkanes) is 45. The first kappa shape index (κ1) is 116. The zero-order valence-corrected chi connectivity index (χ0v) is 86.7. The Morgan fingerprint density at radius 1 is 0.453 bits per heavy atom. The Kier molecular flexibility index (Phi) is 57.2. The van der Waals surface area contributed by atoms with Crippen LogP contribution in [0.3, 0.4) is 0 Å². The molecule has 0 saturated carbocycles. The molecule has 770 valence electrons. The van der Waals surface area contributed by atoms with E-state index in [0.29, 0.717) is 59.5 Å². The third-order valence-corrected chi connectivity index (χ3v) is 30.5. The van der Waals surface area contributed by atoms with E-state index in [2.05, 4.69) is 55.4 Å². The van der Waals surface area contributed by atoms with Crippen LogP contribution >= 0.6 is 13.4 Å². The highest BCUT2D eigenvalue weighted by Gasteiger charge is 2.47. The minimum atomic E-state index is -4.20. The molecule has 4 aromatic heterocycles. The Morgan fingerprint density at radius 2 is 0.803 bits per heavy atom. The molecular weight excluding hydrogens is 1830 g/mol. The number of carbonyl (C=O) groups is 2. The Bertz CT molecular complexity index is 4630. The number of aryl methyl sites for hydroxylation is 3. The molecule has 11 unspecified atom stereocenters. The molecule has 0 amide bonds. The number of esters is 2. The number of aliphatic hydroxyl groups excluding tert-OH is 1. The van der Waals surface area contributed by atoms with Gasteiger partial charge in [-0.2, -0.15) is 0 Å². The van der Waals surface area contributed by atoms with Crippen molar-refractivity contribution in [2.75, 3.05) is 65.9 Å². The van der Waals surface area contributed by atoms with Crippen LogP contribution in [0.1, 0.15) is 402 Å². The third-order valence-electron chi connectivity index (χ3n) is 25.8. The highest BCUT2D eigenvalue weighted by molar-refractivity contribution is 8.07. The molecule has 5 aromatic rings. The van der Waals surface area contributed by atoms with Crippen LogP contribution in [0.5, 0.6) is 17.2 Å². The quantitative estimate of drug-likeness (QED) is 0.0141. The van der Waals surface area contributed by atoms with E-state index in [4.69, 9.17) is 102 Å². The molecule has 3 aliphatic heterocycles. The van der Waals surface area contributed by atoms with Crippen molar-refractivity contribution in [1.82, 2.24) is 38.6 Å². The first-order valence-corrected chi connectivity index (χ1v) is 57.4. The van der Waals surface area contributed by atoms with Crippen molar-refractivity contribution in [3.8, 4) is 17.2 Å². The molecule has 137 heavy (non-hydrogen) atoms. The van der Waals surface area contributed by atoms with Gasteiger partial charge in [-0.15, -0.1) is 0 Å². The Labute approximate surface area is 824 Å². The fourth-order valence-corrected chi connectivity index (χ4v) is 21.9. The zero-order chi connectivity index (χ0) is 97.9. The highest BCUT2D eigenvalue weighted by atomic mass is 32.5. The molecule has 7 heterocycles. The summed E-state index contributed by atoms with van der Waals surface area (Å²) in [6.45, 7) is 17.5. The normalized spacial score (nSPS) is 19.1. The predicted molar refractivity (Wildman–Crippen MR) is 540 cm³/mol. The largest absolute Gasteiger partial charge is 0.490 e. The molecule has 3 N–H and O–H groups in total. The van der Waals surface area contributed by atoms with Gasteiger partial charge in [0.2, 0.25) is 18.8 Å². The Balaban J connectivity index is 0.942. The number of nitrogens with zero attached hydrogens (tertiary/aromatic N) is 8. The van der Waals surface area contributed by atoms with Crippen molar-refractivity contribution in [2.45, 2.75) is 444 Å². The lowest BCUT2D eigenvalue weighted by molar-refractivity contribution is -0.156. The number of imidazole rings is 1. The molecule has 31 nitrogen and oxygen atoms in total. The van der Waals surface area contributed by atoms with Gasteiger partial charge in [0.25, 0.3) is 11.1 Å². The van der Waals surface area contributed by atoms with Gasteiger partial charge in [0, 0.05) is 42.8 Å². The summed E-state index contributed by atoms with van der Waals surface area (Å²) in [7, 11) is 0. The van der Waals surface area contributed by atoms with E-state index in [9.17, 15) is 33.9 Å². The van der Waals surface area contributed by atoms with E-state index in [1.807, 2.05) is 12.1 Å². The lowest BCUT2D eigenvalue weighted by Gasteiger charge is -2.30. The second kappa shape index (κ2) is 67.7. The zero-order valence-electron chi connectivity index (χ0n) is 83.3. The number of fused-ring (bicyclic) bond motifs is 1. The van der Waals surface area contributed by atoms with Gasteiger partial charge in [0.15, 0.2) is 17.1 Å². The molecule has 35 heteroatoms. The number of aromatic nitrogens is 8. The van der Waals surface area contributed by atoms with Gasteiger partial charge in [-0.1, -0.05) is 310 Å². The van der Waals surface area contributed by atoms with Gasteiger partial charge in [0.05, 0.1) is 76.7 Å². The summed E-state index contributed by atoms with van der Waals surface area (Å²) >= 11 is 12.3. The summed E-state index contributed by atoms with van der Waals surface area (Å²) in [6.07, 6.45) is 55.1. The maximum atomic E-state index is 14.3. The average Bonchev–Trinajstić information content (AvgIpc) is 1.63. The molecule has 3 saturated heterocycles. The average molecular weight is 1990 g/mol. The van der Waals surface area contributed by atoms with E-state index >= 15 is 0 Å². The summed E-state index contributed by atoms with van der Waals surface area (Å²) in [4.78, 5) is 106. The van der Waals surface area contributed by atoms with Crippen LogP contribution in [0.4, 0.5) is 0 Å². The number of rotatable bonds is 80. The van der Waals surface area contributed by atoms with Crippen molar-refractivity contribution in [3.63, 3.8) is 0 Å². The summed E-state index contributed by atoms with van der Waals surface area (Å²) in [5.41, 5.74) is -0.252. The lowest BCUT2D eigenvalue weighted by atomic mass is 10.0. The topological polar surface area (TPSA) is 346 Å². The second-order valence-electron chi connectivity index (χ2n) is 37.3. The van der Waals surface area contributed by atoms with Gasteiger partial charge < -0.3 is 79.8 Å². The summed E-state index contributed by atoms with van der Waals surface area (Å²) in [6, 6.07) is 3.74. The maximum Gasteiger partial charge on any atom is 0.330 e. The van der Waals surface area contributed by atoms with Crippen LogP contribution < -0.4 is 36.7 Å². The SMILES string of the molecule is [C-]#[N+]CCOP(=S)(OCC1OC(n2cc(C)c(=O)[nH]c2=O)CC1OC(=O)CCC(=O)OCc1cc(OCCCCCCCCCCCCCCCCCC)c(OCCCCCCCCCCCCCCCCCC)c(OCCCCCCCCCCCCCCCCCC)c1)OC1CC(n2cc(C)c(=O)[nH]c2=O)OC1COP(=S)(OCC[N+]#[C-])OC1CC(n2cnc3c(C)ncnc32)OC1CO. The Morgan fingerprint density at radius 3 is 1.20 bits per heavy atom. The van der Waals surface area contributed by atoms with E-state index < -0.39 is 136 Å². The van der Waals surface area contributed by atoms with Crippen molar-refractivity contribution < 1.29 is 79.7 Å². The standard InChI is InChI=1S/C102H164N10O21P2S2/c1-9-12-15-18-21-24-27-30-33-36-39-42-45-48-51-54-61-120-86-66-82(67-87(121-62-55-52-49-46-43-40-37-34-31-28-25-22-19-16-13-10-2)97(86)122-63-56-53-50-47-44-41-38-35-32-29-26-23-20-17-14-11-3)74-123-94(114)57-58-95(115)131-83-68-91(110-71-79(4)99(116)108-101(110)118)129-89(83)75-126-135(137,125-65-60-104-8)133-85-70-92(111-72-80(5)100(117)109-102(111)119)130-90(85)76-127-134(136,124-64-59-103-7)132-84-69-93(128-88(84)73-113)112-78-107-96-81(6)105-77-106-98(96)112/h66-67,71-72,77-78,83-85,88-93,113H,9-65,68-70,73-76H2,1-6H3,(H,108,116,118)(H,109,117,119). The van der Waals surface area contributed by atoms with Crippen LogP contribution in [0, 0.1) is 33.9 Å². The van der Waals surface area contributed by atoms with Gasteiger partial charge in [-0.25, -0.2) is 37.7 Å². The van der Waals surface area contributed by atoms with E-state index in [-0.39, 0.29) is 63.3 Å². The predicted octanol–water partition coefficient (Wildman–Crippen LogP) is 23.2. The number of benzene rings is 1. The van der Waals surface area contributed by atoms with Crippen LogP contribution in [0.25, 0.3) is 20.9 Å². The molecule has 0 spiro atoms. The molecule has 3 aliphatic rings. The smallest absolute Gasteiger partial charge is 0.330 e. The molecule has 11 atom stereocenters. The van der Waals surface area contributed by atoms with E-state index in [0.717, 1.165) is 66.9 Å². The number of H-pyrrole nitrogens is 2. The fraction of sp³-hybridized carbons (Fsp3) is 0.775. The number of carbonyl (C=O) groups excluding carboxylic acids is 2. The number of aliphatic hydroxyl groups is 1. The molecule has 0 bridgehead atoms. The number of nitrogens with one attached hydrogen (secondary N) is 2. The second-order valence-corrected chi connectivity index (χ2v) is 43.2. The summed E-state index contributed by atoms with van der Waals surface area (Å²) in [5.74, 6) is 0.0834. The van der Waals surface area contributed by atoms with Crippen LogP contribution in [0.2, 0.25) is 0 Å². The minimum Gasteiger partial charge on any atom is -0.490 e. The molecule has 1 aromatic carbocycles. The first-order chi connectivity index (χ1) is 66.7. The molecular formula is C102H164N10O21P2S2. The van der Waals surface area contributed by atoms with Crippen molar-refractivity contribution in [2.24, 2.45) is 0 Å². The highest BCUT2D eigenvalue weighted by Crippen LogP contribution is 2.57. The van der Waals surface area contributed by atoms with Crippen molar-refractivity contribution >= 4 is 60.2 Å². The van der Waals surface area contributed by atoms with Crippen molar-refractivity contribution in [3.05, 3.63) is 124 Å². The van der Waals surface area contributed by atoms with E-state index in [1.165, 1.54) is 283 Å². The molecule has 0 radical (unpaired) electrons. The first-order valence-electron chi connectivity index (χ1n) is 52.3. The van der Waals surface area contributed by atoms with Gasteiger partial charge >= 0.3 is 36.8 Å². The van der Waals surface area contributed by atoms with Crippen LogP contribution in [-0.4, -0.2) is 158 Å². The Hall–Kier alpha value is -6.65. The number of hydrogen-bond donors (Lipinski definition) is 3. The molecule has 3 fully saturated rings.